The maximum atomic E-state index is 12.2. The summed E-state index contributed by atoms with van der Waals surface area (Å²) >= 11 is 0. The van der Waals surface area contributed by atoms with Crippen molar-refractivity contribution in [1.82, 2.24) is 0 Å². The molecule has 0 aromatic carbocycles. The molecule has 21 atom stereocenters. The maximum Gasteiger partial charge on any atom is 0.186 e. The quantitative estimate of drug-likeness (QED) is 0.162. The van der Waals surface area contributed by atoms with Crippen molar-refractivity contribution in [2.24, 2.45) is 44.8 Å². The van der Waals surface area contributed by atoms with E-state index in [1.165, 1.54) is 0 Å². The number of aliphatic hydroxyl groups is 9. The molecule has 8 fully saturated rings. The van der Waals surface area contributed by atoms with Crippen LogP contribution in [0, 0.1) is 44.8 Å². The van der Waals surface area contributed by atoms with Crippen molar-refractivity contribution in [2.75, 3.05) is 13.2 Å². The Morgan fingerprint density at radius 1 is 0.709 bits per heavy atom. The van der Waals surface area contributed by atoms with E-state index in [-0.39, 0.29) is 52.1 Å². The Bertz CT molecular complexity index is 1460. The fraction of sp³-hybridized carbons (Fsp3) is 1.00. The molecule has 0 aromatic heterocycles. The van der Waals surface area contributed by atoms with E-state index < -0.39 is 96.8 Å². The van der Waals surface area contributed by atoms with Gasteiger partial charge in [-0.3, -0.25) is 0 Å². The molecule has 2 spiro atoms. The van der Waals surface area contributed by atoms with Gasteiger partial charge >= 0.3 is 0 Å². The van der Waals surface area contributed by atoms with E-state index in [9.17, 15) is 46.0 Å². The van der Waals surface area contributed by atoms with Crippen molar-refractivity contribution >= 4 is 0 Å². The van der Waals surface area contributed by atoms with E-state index in [1.54, 1.807) is 13.8 Å². The van der Waals surface area contributed by atoms with Crippen LogP contribution in [0.3, 0.4) is 0 Å². The first-order chi connectivity index (χ1) is 25.5. The standard InChI is InChI=1S/C41H68O14/c1-35(2)24(54-33-29(48)26(45)20(44)17-51-33)9-11-41-18-40(41)13-12-37(5)31(39(7)10-8-25(55-39)36(3,4)50)19(43)15-38(37,6)23(40)14-21(32(35)41)52-34-30(49)28(47)27(46)22(16-42)53-34/h19-34,42-50H,8-18H2,1-7H3/t19-,20?,21-,22?,23?,24-,25-,26?,27?,28?,29?,30?,31-,32?,33?,34?,37+,38-,39-,40-,41+/m0/s1. The van der Waals surface area contributed by atoms with E-state index in [0.717, 1.165) is 32.1 Å². The summed E-state index contributed by atoms with van der Waals surface area (Å²) < 4.78 is 31.9. The summed E-state index contributed by atoms with van der Waals surface area (Å²) in [7, 11) is 0. The third-order valence-corrected chi connectivity index (χ3v) is 17.6. The van der Waals surface area contributed by atoms with Gasteiger partial charge in [-0.1, -0.05) is 27.7 Å². The summed E-state index contributed by atoms with van der Waals surface area (Å²) in [5.41, 5.74) is -3.16. The fourth-order valence-electron chi connectivity index (χ4n) is 14.9. The van der Waals surface area contributed by atoms with E-state index in [1.807, 2.05) is 0 Å². The molecule has 3 aliphatic heterocycles. The predicted molar refractivity (Wildman–Crippen MR) is 194 cm³/mol. The molecule has 316 valence electrons. The normalized spacial score (nSPS) is 58.7. The van der Waals surface area contributed by atoms with Gasteiger partial charge in [-0.2, -0.15) is 0 Å². The molecule has 9 N–H and O–H groups in total. The Labute approximate surface area is 324 Å². The van der Waals surface area contributed by atoms with Crippen LogP contribution in [0.25, 0.3) is 0 Å². The van der Waals surface area contributed by atoms with Crippen LogP contribution in [-0.2, 0) is 23.7 Å². The summed E-state index contributed by atoms with van der Waals surface area (Å²) in [5.74, 6) is -0.215. The topological polar surface area (TPSA) is 228 Å². The van der Waals surface area contributed by atoms with Crippen molar-refractivity contribution in [3.63, 3.8) is 0 Å². The minimum Gasteiger partial charge on any atom is -0.394 e. The predicted octanol–water partition coefficient (Wildman–Crippen LogP) is 0.724. The Morgan fingerprint density at radius 2 is 1.40 bits per heavy atom. The molecular formula is C41H68O14. The lowest BCUT2D eigenvalue weighted by Crippen LogP contribution is -2.65. The average Bonchev–Trinajstić information content (AvgIpc) is 3.47. The lowest BCUT2D eigenvalue weighted by molar-refractivity contribution is -0.339. The fourth-order valence-corrected chi connectivity index (χ4v) is 14.9. The molecule has 5 aliphatic carbocycles. The summed E-state index contributed by atoms with van der Waals surface area (Å²) in [6.45, 7) is 13.8. The second kappa shape index (κ2) is 13.2. The summed E-state index contributed by atoms with van der Waals surface area (Å²) in [4.78, 5) is 0. The van der Waals surface area contributed by atoms with Gasteiger partial charge in [0.1, 0.15) is 42.7 Å². The van der Waals surface area contributed by atoms with E-state index >= 15 is 0 Å². The van der Waals surface area contributed by atoms with Gasteiger partial charge in [0.15, 0.2) is 12.6 Å². The van der Waals surface area contributed by atoms with Crippen LogP contribution in [0.1, 0.15) is 106 Å². The van der Waals surface area contributed by atoms with Gasteiger partial charge in [0.25, 0.3) is 0 Å². The first-order valence-corrected chi connectivity index (χ1v) is 20.9. The molecule has 5 saturated carbocycles. The first kappa shape index (κ1) is 41.2. The highest BCUT2D eigenvalue weighted by atomic mass is 16.7. The van der Waals surface area contributed by atoms with Crippen molar-refractivity contribution in [3.05, 3.63) is 0 Å². The van der Waals surface area contributed by atoms with Gasteiger partial charge in [-0.25, -0.2) is 0 Å². The zero-order valence-electron chi connectivity index (χ0n) is 33.6. The zero-order chi connectivity index (χ0) is 40.1. The summed E-state index contributed by atoms with van der Waals surface area (Å²) in [6.07, 6.45) is -7.48. The molecule has 0 radical (unpaired) electrons. The monoisotopic (exact) mass is 784 g/mol. The number of hydrogen-bond donors (Lipinski definition) is 9. The van der Waals surface area contributed by atoms with Gasteiger partial charge in [0, 0.05) is 5.92 Å². The Balaban J connectivity index is 1.15. The molecule has 8 rings (SSSR count). The molecule has 11 unspecified atom stereocenters. The van der Waals surface area contributed by atoms with E-state index in [4.69, 9.17) is 23.7 Å². The number of ether oxygens (including phenoxy) is 5. The third kappa shape index (κ3) is 5.70. The van der Waals surface area contributed by atoms with Crippen LogP contribution in [-0.4, -0.2) is 150 Å². The second-order valence-electron chi connectivity index (χ2n) is 21.1. The van der Waals surface area contributed by atoms with Crippen LogP contribution >= 0.6 is 0 Å². The van der Waals surface area contributed by atoms with Crippen LogP contribution < -0.4 is 0 Å². The Hall–Kier alpha value is -0.560. The van der Waals surface area contributed by atoms with Gasteiger partial charge in [-0.15, -0.1) is 0 Å². The molecule has 55 heavy (non-hydrogen) atoms. The lowest BCUT2D eigenvalue weighted by atomic mass is 9.41. The Kier molecular flexibility index (Phi) is 9.90. The number of fused-ring (bicyclic) bond motifs is 2. The molecule has 3 heterocycles. The highest BCUT2D eigenvalue weighted by molar-refractivity contribution is 5.33. The van der Waals surface area contributed by atoms with Gasteiger partial charge in [0.05, 0.1) is 48.8 Å². The van der Waals surface area contributed by atoms with Gasteiger partial charge < -0.3 is 69.6 Å². The zero-order valence-corrected chi connectivity index (χ0v) is 33.6. The van der Waals surface area contributed by atoms with Crippen LogP contribution in [0.2, 0.25) is 0 Å². The SMILES string of the molecule is CC(C)(O)[C@@H]1CC[C@@](C)([C@H]2[C@@H](O)C[C@@]3(C)C4C[C@H](OC5OC(CO)C(O)C(O)C5O)C5C(C)(C)[C@@H](OC6OCC(O)C(O)C6O)CC[C@@]56C[C@@]46CC[C@]23C)O1. The van der Waals surface area contributed by atoms with Crippen LogP contribution in [0.4, 0.5) is 0 Å². The van der Waals surface area contributed by atoms with Gasteiger partial charge in [-0.05, 0) is 117 Å². The largest absolute Gasteiger partial charge is 0.394 e. The molecule has 3 saturated heterocycles. The number of aliphatic hydroxyl groups excluding tert-OH is 8. The van der Waals surface area contributed by atoms with Crippen molar-refractivity contribution < 1.29 is 69.6 Å². The summed E-state index contributed by atoms with van der Waals surface area (Å²) in [5, 5.41) is 97.2. The number of rotatable bonds is 7. The van der Waals surface area contributed by atoms with Crippen molar-refractivity contribution in [3.8, 4) is 0 Å². The van der Waals surface area contributed by atoms with Gasteiger partial charge in [0.2, 0.25) is 0 Å². The smallest absolute Gasteiger partial charge is 0.186 e. The minimum absolute atomic E-state index is 0.0633. The van der Waals surface area contributed by atoms with Crippen molar-refractivity contribution in [2.45, 2.75) is 197 Å². The average molecular weight is 785 g/mol. The highest BCUT2D eigenvalue weighted by Crippen LogP contribution is 2.89. The number of hydrogen-bond acceptors (Lipinski definition) is 14. The first-order valence-electron chi connectivity index (χ1n) is 20.9. The molecular weight excluding hydrogens is 716 g/mol. The second-order valence-corrected chi connectivity index (χ2v) is 21.1. The van der Waals surface area contributed by atoms with E-state index in [2.05, 4.69) is 34.6 Å². The Morgan fingerprint density at radius 3 is 2.05 bits per heavy atom. The minimum atomic E-state index is -1.60. The third-order valence-electron chi connectivity index (χ3n) is 17.6. The van der Waals surface area contributed by atoms with E-state index in [0.29, 0.717) is 25.7 Å². The highest BCUT2D eigenvalue weighted by Gasteiger charge is 2.85. The molecule has 8 aliphatic rings. The molecule has 14 nitrogen and oxygen atoms in total. The maximum absolute atomic E-state index is 12.2. The molecule has 0 amide bonds. The van der Waals surface area contributed by atoms with Crippen LogP contribution in [0.15, 0.2) is 0 Å². The van der Waals surface area contributed by atoms with Crippen LogP contribution in [0.5, 0.6) is 0 Å². The lowest BCUT2D eigenvalue weighted by Gasteiger charge is -2.65. The van der Waals surface area contributed by atoms with Crippen molar-refractivity contribution in [1.29, 1.82) is 0 Å². The molecule has 0 aromatic rings. The summed E-state index contributed by atoms with van der Waals surface area (Å²) in [6, 6.07) is 0. The molecule has 0 bridgehead atoms. The molecule has 14 heteroatoms.